The van der Waals surface area contributed by atoms with Crippen LogP contribution in [0.3, 0.4) is 0 Å². The summed E-state index contributed by atoms with van der Waals surface area (Å²) >= 11 is 3.56. The maximum Gasteiger partial charge on any atom is 0.0551 e. The fraction of sp³-hybridized carbons (Fsp3) is 0.538. The lowest BCUT2D eigenvalue weighted by Gasteiger charge is -2.18. The third kappa shape index (κ3) is 2.84. The van der Waals surface area contributed by atoms with Crippen molar-refractivity contribution < 1.29 is 4.74 Å². The molecule has 3 unspecified atom stereocenters. The molecule has 2 N–H and O–H groups in total. The Labute approximate surface area is 105 Å². The molecule has 88 valence electrons. The lowest BCUT2D eigenvalue weighted by atomic mass is 9.92. The van der Waals surface area contributed by atoms with Gasteiger partial charge in [0.05, 0.1) is 12.7 Å². The van der Waals surface area contributed by atoms with E-state index in [-0.39, 0.29) is 6.04 Å². The molecule has 3 heteroatoms. The zero-order valence-electron chi connectivity index (χ0n) is 9.53. The molecule has 1 fully saturated rings. The summed E-state index contributed by atoms with van der Waals surface area (Å²) in [4.78, 5) is 0. The van der Waals surface area contributed by atoms with Crippen LogP contribution in [0.4, 0.5) is 0 Å². The number of rotatable bonds is 3. The van der Waals surface area contributed by atoms with E-state index in [0.717, 1.165) is 23.9 Å². The van der Waals surface area contributed by atoms with Crippen molar-refractivity contribution in [2.24, 2.45) is 11.7 Å². The van der Waals surface area contributed by atoms with Crippen molar-refractivity contribution in [3.63, 3.8) is 0 Å². The molecular weight excluding hydrogens is 266 g/mol. The Morgan fingerprint density at radius 2 is 2.25 bits per heavy atom. The van der Waals surface area contributed by atoms with Crippen LogP contribution in [0.5, 0.6) is 0 Å². The molecule has 16 heavy (non-hydrogen) atoms. The van der Waals surface area contributed by atoms with Crippen molar-refractivity contribution in [2.75, 3.05) is 6.61 Å². The minimum absolute atomic E-state index is 0.198. The highest BCUT2D eigenvalue weighted by atomic mass is 79.9. The van der Waals surface area contributed by atoms with E-state index in [1.807, 2.05) is 6.07 Å². The van der Waals surface area contributed by atoms with Crippen molar-refractivity contribution in [3.8, 4) is 0 Å². The summed E-state index contributed by atoms with van der Waals surface area (Å²) in [5, 5.41) is 0. The molecule has 1 aromatic rings. The van der Waals surface area contributed by atoms with Crippen LogP contribution in [-0.4, -0.2) is 18.8 Å². The summed E-state index contributed by atoms with van der Waals surface area (Å²) in [5.74, 6) is 0.502. The van der Waals surface area contributed by atoms with E-state index in [1.165, 1.54) is 5.56 Å². The molecule has 0 aliphatic carbocycles. The molecule has 1 aliphatic heterocycles. The van der Waals surface area contributed by atoms with E-state index >= 15 is 0 Å². The Kier molecular flexibility index (Phi) is 4.00. The second-order valence-electron chi connectivity index (χ2n) is 4.60. The average molecular weight is 284 g/mol. The SMILES string of the molecule is CC1CC(C(N)Cc2ccccc2Br)CO1. The molecule has 0 aromatic heterocycles. The molecule has 0 spiro atoms. The minimum atomic E-state index is 0.198. The van der Waals surface area contributed by atoms with Crippen molar-refractivity contribution in [3.05, 3.63) is 34.3 Å². The van der Waals surface area contributed by atoms with Crippen LogP contribution < -0.4 is 5.73 Å². The Bertz CT molecular complexity index is 356. The Balaban J connectivity index is 1.97. The summed E-state index contributed by atoms with van der Waals surface area (Å²) < 4.78 is 6.71. The summed E-state index contributed by atoms with van der Waals surface area (Å²) in [6.07, 6.45) is 2.38. The molecule has 0 saturated carbocycles. The predicted octanol–water partition coefficient (Wildman–Crippen LogP) is 2.74. The Morgan fingerprint density at radius 3 is 2.88 bits per heavy atom. The van der Waals surface area contributed by atoms with E-state index < -0.39 is 0 Å². The summed E-state index contributed by atoms with van der Waals surface area (Å²) in [5.41, 5.74) is 7.53. The molecule has 0 radical (unpaired) electrons. The highest BCUT2D eigenvalue weighted by Gasteiger charge is 2.27. The van der Waals surface area contributed by atoms with Crippen molar-refractivity contribution in [2.45, 2.75) is 31.9 Å². The van der Waals surface area contributed by atoms with Crippen LogP contribution >= 0.6 is 15.9 Å². The lowest BCUT2D eigenvalue weighted by molar-refractivity contribution is 0.118. The van der Waals surface area contributed by atoms with Crippen LogP contribution in [0.15, 0.2) is 28.7 Å². The van der Waals surface area contributed by atoms with Gasteiger partial charge in [-0.3, -0.25) is 0 Å². The van der Waals surface area contributed by atoms with Gasteiger partial charge in [0.25, 0.3) is 0 Å². The lowest BCUT2D eigenvalue weighted by Crippen LogP contribution is -2.32. The number of hydrogen-bond donors (Lipinski definition) is 1. The van der Waals surface area contributed by atoms with E-state index in [9.17, 15) is 0 Å². The zero-order chi connectivity index (χ0) is 11.5. The number of nitrogens with two attached hydrogens (primary N) is 1. The monoisotopic (exact) mass is 283 g/mol. The highest BCUT2D eigenvalue weighted by molar-refractivity contribution is 9.10. The first-order valence-corrected chi connectivity index (χ1v) is 6.56. The standard InChI is InChI=1S/C13H18BrNO/c1-9-6-11(8-16-9)13(15)7-10-4-2-3-5-12(10)14/h2-5,9,11,13H,6-8,15H2,1H3. The first kappa shape index (κ1) is 12.1. The second-order valence-corrected chi connectivity index (χ2v) is 5.45. The van der Waals surface area contributed by atoms with Gasteiger partial charge in [-0.2, -0.15) is 0 Å². The minimum Gasteiger partial charge on any atom is -0.378 e. The van der Waals surface area contributed by atoms with Crippen molar-refractivity contribution in [1.82, 2.24) is 0 Å². The predicted molar refractivity (Wildman–Crippen MR) is 69.3 cm³/mol. The van der Waals surface area contributed by atoms with Crippen LogP contribution in [-0.2, 0) is 11.2 Å². The van der Waals surface area contributed by atoms with Crippen LogP contribution in [0, 0.1) is 5.92 Å². The molecule has 0 bridgehead atoms. The average Bonchev–Trinajstić information content (AvgIpc) is 2.68. The van der Waals surface area contributed by atoms with Gasteiger partial charge in [0.2, 0.25) is 0 Å². The molecule has 0 amide bonds. The molecule has 1 saturated heterocycles. The van der Waals surface area contributed by atoms with Crippen LogP contribution in [0.25, 0.3) is 0 Å². The van der Waals surface area contributed by atoms with E-state index in [1.54, 1.807) is 0 Å². The molecule has 1 heterocycles. The number of halogens is 1. The van der Waals surface area contributed by atoms with Gasteiger partial charge < -0.3 is 10.5 Å². The van der Waals surface area contributed by atoms with Gasteiger partial charge in [0, 0.05) is 16.4 Å². The molecule has 1 aromatic carbocycles. The number of benzene rings is 1. The van der Waals surface area contributed by atoms with Gasteiger partial charge in [0.15, 0.2) is 0 Å². The van der Waals surface area contributed by atoms with Gasteiger partial charge in [-0.25, -0.2) is 0 Å². The molecule has 1 aliphatic rings. The normalized spacial score (nSPS) is 26.9. The van der Waals surface area contributed by atoms with E-state index in [4.69, 9.17) is 10.5 Å². The quantitative estimate of drug-likeness (QED) is 0.926. The van der Waals surface area contributed by atoms with Gasteiger partial charge in [-0.15, -0.1) is 0 Å². The zero-order valence-corrected chi connectivity index (χ0v) is 11.1. The van der Waals surface area contributed by atoms with E-state index in [0.29, 0.717) is 12.0 Å². The van der Waals surface area contributed by atoms with Crippen molar-refractivity contribution >= 4 is 15.9 Å². The van der Waals surface area contributed by atoms with Gasteiger partial charge >= 0.3 is 0 Å². The second kappa shape index (κ2) is 5.30. The first-order valence-electron chi connectivity index (χ1n) is 5.77. The van der Waals surface area contributed by atoms with Gasteiger partial charge in [-0.1, -0.05) is 34.1 Å². The van der Waals surface area contributed by atoms with Crippen LogP contribution in [0.1, 0.15) is 18.9 Å². The third-order valence-corrected chi connectivity index (χ3v) is 4.02. The Hall–Kier alpha value is -0.380. The van der Waals surface area contributed by atoms with Crippen LogP contribution in [0.2, 0.25) is 0 Å². The fourth-order valence-corrected chi connectivity index (χ4v) is 2.68. The molecule has 3 atom stereocenters. The molecular formula is C13H18BrNO. The summed E-state index contributed by atoms with van der Waals surface area (Å²) in [6, 6.07) is 8.48. The molecule has 2 rings (SSSR count). The summed E-state index contributed by atoms with van der Waals surface area (Å²) in [7, 11) is 0. The van der Waals surface area contributed by atoms with E-state index in [2.05, 4.69) is 41.1 Å². The van der Waals surface area contributed by atoms with Gasteiger partial charge in [0.1, 0.15) is 0 Å². The summed E-state index contributed by atoms with van der Waals surface area (Å²) in [6.45, 7) is 2.93. The Morgan fingerprint density at radius 1 is 1.50 bits per heavy atom. The maximum atomic E-state index is 6.24. The largest absolute Gasteiger partial charge is 0.378 e. The molecule has 2 nitrogen and oxygen atoms in total. The van der Waals surface area contributed by atoms with Crippen molar-refractivity contribution in [1.29, 1.82) is 0 Å². The maximum absolute atomic E-state index is 6.24. The number of ether oxygens (including phenoxy) is 1. The third-order valence-electron chi connectivity index (χ3n) is 3.25. The van der Waals surface area contributed by atoms with Gasteiger partial charge in [-0.05, 0) is 31.4 Å². The first-order chi connectivity index (χ1) is 7.66. The smallest absolute Gasteiger partial charge is 0.0551 e. The topological polar surface area (TPSA) is 35.2 Å². The highest BCUT2D eigenvalue weighted by Crippen LogP contribution is 2.25. The number of hydrogen-bond acceptors (Lipinski definition) is 2. The fourth-order valence-electron chi connectivity index (χ4n) is 2.23.